The van der Waals surface area contributed by atoms with E-state index in [0.29, 0.717) is 16.9 Å². The number of rotatable bonds is 2. The van der Waals surface area contributed by atoms with E-state index in [1.807, 2.05) is 25.1 Å². The lowest BCUT2D eigenvalue weighted by Gasteiger charge is -2.18. The average molecular weight is 328 g/mol. The van der Waals surface area contributed by atoms with E-state index in [-0.39, 0.29) is 11.6 Å². The zero-order valence-corrected chi connectivity index (χ0v) is 14.1. The van der Waals surface area contributed by atoms with Crippen LogP contribution in [0, 0.1) is 12.7 Å². The summed E-state index contributed by atoms with van der Waals surface area (Å²) in [7, 11) is 0. The molecule has 1 aliphatic heterocycles. The molecule has 2 aromatic carbocycles. The first kappa shape index (κ1) is 15.8. The lowest BCUT2D eigenvalue weighted by Crippen LogP contribution is -2.29. The van der Waals surface area contributed by atoms with E-state index in [1.165, 1.54) is 12.1 Å². The third kappa shape index (κ3) is 2.79. The molecule has 2 aromatic rings. The van der Waals surface area contributed by atoms with Crippen LogP contribution in [0.2, 0.25) is 0 Å². The Kier molecular flexibility index (Phi) is 3.80. The van der Waals surface area contributed by atoms with E-state index in [2.05, 4.69) is 12.6 Å². The third-order valence-corrected chi connectivity index (χ3v) is 4.43. The number of aryl methyl sites for hydroxylation is 1. The summed E-state index contributed by atoms with van der Waals surface area (Å²) in [5.74, 6) is -0.0403. The van der Waals surface area contributed by atoms with Crippen LogP contribution in [0.5, 0.6) is 0 Å². The Morgan fingerprint density at radius 1 is 1.09 bits per heavy atom. The quantitative estimate of drug-likeness (QED) is 0.811. The molecule has 0 aromatic heterocycles. The third-order valence-electron chi connectivity index (χ3n) is 3.93. The van der Waals surface area contributed by atoms with Crippen molar-refractivity contribution in [3.63, 3.8) is 0 Å². The van der Waals surface area contributed by atoms with E-state index in [4.69, 9.17) is 4.74 Å². The van der Waals surface area contributed by atoms with E-state index in [0.717, 1.165) is 16.0 Å². The number of hydrogen-bond donors (Lipinski definition) is 1. The van der Waals surface area contributed by atoms with Crippen LogP contribution < -0.4 is 0 Å². The van der Waals surface area contributed by atoms with Crippen molar-refractivity contribution < 1.29 is 13.9 Å². The number of Topliss-reactive ketones (excluding diaryl/α,β-unsaturated/α-hetero) is 1. The predicted molar refractivity (Wildman–Crippen MR) is 91.8 cm³/mol. The van der Waals surface area contributed by atoms with Gasteiger partial charge in [0.25, 0.3) is 0 Å². The minimum absolute atomic E-state index is 0.147. The van der Waals surface area contributed by atoms with Crippen LogP contribution in [-0.2, 0) is 9.53 Å². The van der Waals surface area contributed by atoms with E-state index < -0.39 is 5.60 Å². The van der Waals surface area contributed by atoms with Crippen LogP contribution in [-0.4, -0.2) is 11.4 Å². The van der Waals surface area contributed by atoms with Gasteiger partial charge >= 0.3 is 0 Å². The van der Waals surface area contributed by atoms with Crippen LogP contribution >= 0.6 is 12.6 Å². The highest BCUT2D eigenvalue weighted by atomic mass is 32.1. The maximum Gasteiger partial charge on any atom is 0.210 e. The standard InChI is InChI=1S/C19H17FO2S/c1-11-9-13(7-8-15(11)23)17-16(18(21)19(2,3)22-17)12-5-4-6-14(20)10-12/h4-10,23H,1-3H3. The Morgan fingerprint density at radius 3 is 2.48 bits per heavy atom. The van der Waals surface area contributed by atoms with Gasteiger partial charge in [-0.2, -0.15) is 0 Å². The molecule has 0 aliphatic carbocycles. The van der Waals surface area contributed by atoms with Crippen molar-refractivity contribution in [2.24, 2.45) is 0 Å². The van der Waals surface area contributed by atoms with Crippen molar-refractivity contribution in [1.82, 2.24) is 0 Å². The molecule has 118 valence electrons. The smallest absolute Gasteiger partial charge is 0.210 e. The molecule has 0 fully saturated rings. The molecule has 1 heterocycles. The highest BCUT2D eigenvalue weighted by Crippen LogP contribution is 2.41. The number of carbonyl (C=O) groups excluding carboxylic acids is 1. The molecule has 0 spiro atoms. The number of hydrogen-bond acceptors (Lipinski definition) is 3. The predicted octanol–water partition coefficient (Wildman–Crippen LogP) is 4.67. The molecule has 0 N–H and O–H groups in total. The Labute approximate surface area is 140 Å². The highest BCUT2D eigenvalue weighted by Gasteiger charge is 2.42. The summed E-state index contributed by atoms with van der Waals surface area (Å²) in [5, 5.41) is 0. The van der Waals surface area contributed by atoms with Gasteiger partial charge in [0.1, 0.15) is 11.6 Å². The van der Waals surface area contributed by atoms with Gasteiger partial charge < -0.3 is 4.74 Å². The summed E-state index contributed by atoms with van der Waals surface area (Å²) in [5.41, 5.74) is 1.75. The lowest BCUT2D eigenvalue weighted by atomic mass is 9.92. The minimum atomic E-state index is -0.968. The Morgan fingerprint density at radius 2 is 1.83 bits per heavy atom. The minimum Gasteiger partial charge on any atom is -0.478 e. The summed E-state index contributed by atoms with van der Waals surface area (Å²) in [6.45, 7) is 5.39. The SMILES string of the molecule is Cc1cc(C2=C(c3cccc(F)c3)C(=O)C(C)(C)O2)ccc1S. The Bertz CT molecular complexity index is 837. The van der Waals surface area contributed by atoms with Gasteiger partial charge in [0, 0.05) is 10.5 Å². The average Bonchev–Trinajstić information content (AvgIpc) is 2.73. The Balaban J connectivity index is 2.23. The lowest BCUT2D eigenvalue weighted by molar-refractivity contribution is -0.125. The summed E-state index contributed by atoms with van der Waals surface area (Å²) in [6.07, 6.45) is 0. The van der Waals surface area contributed by atoms with Gasteiger partial charge in [-0.3, -0.25) is 4.79 Å². The maximum absolute atomic E-state index is 13.6. The van der Waals surface area contributed by atoms with Crippen LogP contribution in [0.15, 0.2) is 47.4 Å². The van der Waals surface area contributed by atoms with E-state index in [1.54, 1.807) is 26.0 Å². The molecule has 0 saturated carbocycles. The first-order valence-electron chi connectivity index (χ1n) is 7.33. The second-order valence-electron chi connectivity index (χ2n) is 6.16. The summed E-state index contributed by atoms with van der Waals surface area (Å²) in [4.78, 5) is 13.6. The number of ketones is 1. The van der Waals surface area contributed by atoms with Gasteiger partial charge in [0.05, 0.1) is 5.57 Å². The summed E-state index contributed by atoms with van der Waals surface area (Å²) in [6, 6.07) is 11.7. The van der Waals surface area contributed by atoms with E-state index >= 15 is 0 Å². The van der Waals surface area contributed by atoms with Gasteiger partial charge in [0.15, 0.2) is 5.60 Å². The molecule has 4 heteroatoms. The molecule has 0 saturated heterocycles. The van der Waals surface area contributed by atoms with Crippen molar-refractivity contribution in [3.05, 3.63) is 65.0 Å². The van der Waals surface area contributed by atoms with Crippen molar-refractivity contribution >= 4 is 29.7 Å². The molecule has 23 heavy (non-hydrogen) atoms. The van der Waals surface area contributed by atoms with Gasteiger partial charge in [-0.1, -0.05) is 18.2 Å². The molecule has 1 aliphatic rings. The molecule has 0 unspecified atom stereocenters. The van der Waals surface area contributed by atoms with Crippen LogP contribution in [0.4, 0.5) is 4.39 Å². The van der Waals surface area contributed by atoms with Crippen molar-refractivity contribution in [2.75, 3.05) is 0 Å². The largest absolute Gasteiger partial charge is 0.478 e. The normalized spacial score (nSPS) is 16.7. The first-order chi connectivity index (χ1) is 10.8. The molecule has 0 atom stereocenters. The summed E-state index contributed by atoms with van der Waals surface area (Å²) >= 11 is 4.37. The number of ether oxygens (including phenoxy) is 1. The summed E-state index contributed by atoms with van der Waals surface area (Å²) < 4.78 is 19.5. The first-order valence-corrected chi connectivity index (χ1v) is 7.78. The van der Waals surface area contributed by atoms with Gasteiger partial charge in [0.2, 0.25) is 5.78 Å². The van der Waals surface area contributed by atoms with Crippen molar-refractivity contribution in [3.8, 4) is 0 Å². The van der Waals surface area contributed by atoms with Crippen molar-refractivity contribution in [2.45, 2.75) is 31.3 Å². The fourth-order valence-corrected chi connectivity index (χ4v) is 2.80. The second kappa shape index (κ2) is 5.53. The zero-order valence-electron chi connectivity index (χ0n) is 13.2. The van der Waals surface area contributed by atoms with Crippen molar-refractivity contribution in [1.29, 1.82) is 0 Å². The molecule has 3 rings (SSSR count). The van der Waals surface area contributed by atoms with E-state index in [9.17, 15) is 9.18 Å². The molecule has 2 nitrogen and oxygen atoms in total. The topological polar surface area (TPSA) is 26.3 Å². The fraction of sp³-hybridized carbons (Fsp3) is 0.211. The van der Waals surface area contributed by atoms with Crippen LogP contribution in [0.25, 0.3) is 11.3 Å². The Hall–Kier alpha value is -2.07. The van der Waals surface area contributed by atoms with Gasteiger partial charge in [-0.15, -0.1) is 12.6 Å². The monoisotopic (exact) mass is 328 g/mol. The van der Waals surface area contributed by atoms with Gasteiger partial charge in [-0.05, 0) is 56.2 Å². The molecule has 0 bridgehead atoms. The van der Waals surface area contributed by atoms with Gasteiger partial charge in [-0.25, -0.2) is 4.39 Å². The number of halogens is 1. The zero-order chi connectivity index (χ0) is 16.8. The molecular weight excluding hydrogens is 311 g/mol. The maximum atomic E-state index is 13.6. The molecule has 0 radical (unpaired) electrons. The molecule has 0 amide bonds. The fourth-order valence-electron chi connectivity index (χ4n) is 2.66. The second-order valence-corrected chi connectivity index (χ2v) is 6.64. The number of thiol groups is 1. The molecular formula is C19H17FO2S. The number of carbonyl (C=O) groups is 1. The van der Waals surface area contributed by atoms with Crippen LogP contribution in [0.1, 0.15) is 30.5 Å². The highest BCUT2D eigenvalue weighted by molar-refractivity contribution is 7.80. The number of benzene rings is 2. The van der Waals surface area contributed by atoms with Crippen LogP contribution in [0.3, 0.4) is 0 Å².